The summed E-state index contributed by atoms with van der Waals surface area (Å²) in [5, 5.41) is 0. The van der Waals surface area contributed by atoms with Crippen molar-refractivity contribution in [2.45, 2.75) is 33.0 Å². The maximum atomic E-state index is 11.1. The third-order valence-corrected chi connectivity index (χ3v) is 2.80. The Bertz CT molecular complexity index is 427. The van der Waals surface area contributed by atoms with Gasteiger partial charge < -0.3 is 9.47 Å². The van der Waals surface area contributed by atoms with Gasteiger partial charge in [-0.3, -0.25) is 9.59 Å². The molecule has 1 aromatic carbocycles. The summed E-state index contributed by atoms with van der Waals surface area (Å²) < 4.78 is 11.2. The largest absolute Gasteiger partial charge is 0.459 e. The van der Waals surface area contributed by atoms with Crippen LogP contribution in [-0.4, -0.2) is 18.0 Å². The highest BCUT2D eigenvalue weighted by molar-refractivity contribution is 9.10. The van der Waals surface area contributed by atoms with Crippen molar-refractivity contribution in [3.05, 3.63) is 34.3 Å². The molecule has 0 fully saturated rings. The van der Waals surface area contributed by atoms with Crippen LogP contribution in [0.15, 0.2) is 28.7 Å². The Kier molecular flexibility index (Phi) is 5.34. The summed E-state index contributed by atoms with van der Waals surface area (Å²) in [6.45, 7) is 4.34. The maximum Gasteiger partial charge on any atom is 0.303 e. The van der Waals surface area contributed by atoms with Gasteiger partial charge in [-0.25, -0.2) is 0 Å². The highest BCUT2D eigenvalue weighted by atomic mass is 79.9. The van der Waals surface area contributed by atoms with Gasteiger partial charge in [0.2, 0.25) is 0 Å². The van der Waals surface area contributed by atoms with Crippen molar-refractivity contribution in [1.82, 2.24) is 0 Å². The molecule has 1 aromatic rings. The number of rotatable bonds is 4. The first-order valence-electron chi connectivity index (χ1n) is 5.50. The van der Waals surface area contributed by atoms with E-state index in [9.17, 15) is 9.59 Å². The van der Waals surface area contributed by atoms with Crippen molar-refractivity contribution in [3.63, 3.8) is 0 Å². The number of hydrogen-bond acceptors (Lipinski definition) is 4. The molecule has 2 atom stereocenters. The van der Waals surface area contributed by atoms with Crippen LogP contribution >= 0.6 is 15.9 Å². The van der Waals surface area contributed by atoms with Crippen LogP contribution in [0.1, 0.15) is 32.4 Å². The molecule has 0 radical (unpaired) electrons. The van der Waals surface area contributed by atoms with Crippen molar-refractivity contribution in [2.75, 3.05) is 0 Å². The van der Waals surface area contributed by atoms with Crippen molar-refractivity contribution in [1.29, 1.82) is 0 Å². The molecule has 0 aliphatic carbocycles. The van der Waals surface area contributed by atoms with Crippen LogP contribution in [0, 0.1) is 0 Å². The van der Waals surface area contributed by atoms with E-state index >= 15 is 0 Å². The quantitative estimate of drug-likeness (QED) is 0.802. The molecule has 4 nitrogen and oxygen atoms in total. The number of esters is 2. The molecule has 0 aliphatic rings. The first kappa shape index (κ1) is 14.7. The van der Waals surface area contributed by atoms with E-state index in [0.29, 0.717) is 0 Å². The summed E-state index contributed by atoms with van der Waals surface area (Å²) >= 11 is 3.33. The molecule has 0 saturated carbocycles. The molecule has 98 valence electrons. The summed E-state index contributed by atoms with van der Waals surface area (Å²) in [4.78, 5) is 22.1. The van der Waals surface area contributed by atoms with Crippen LogP contribution in [0.2, 0.25) is 0 Å². The van der Waals surface area contributed by atoms with Gasteiger partial charge in [-0.05, 0) is 24.6 Å². The van der Waals surface area contributed by atoms with Gasteiger partial charge in [-0.2, -0.15) is 0 Å². The lowest BCUT2D eigenvalue weighted by Crippen LogP contribution is -2.25. The highest BCUT2D eigenvalue weighted by Crippen LogP contribution is 2.25. The Balaban J connectivity index is 2.93. The van der Waals surface area contributed by atoms with E-state index in [0.717, 1.165) is 10.0 Å². The minimum absolute atomic E-state index is 0.406. The van der Waals surface area contributed by atoms with Gasteiger partial charge in [0.25, 0.3) is 0 Å². The molecular weight excluding hydrogens is 300 g/mol. The molecule has 0 bridgehead atoms. The molecular formula is C13H15BrO4. The number of carbonyl (C=O) groups is 2. The van der Waals surface area contributed by atoms with Crippen molar-refractivity contribution >= 4 is 27.9 Å². The predicted molar refractivity (Wildman–Crippen MR) is 69.9 cm³/mol. The van der Waals surface area contributed by atoms with Gasteiger partial charge in [-0.1, -0.05) is 28.1 Å². The van der Waals surface area contributed by atoms with Crippen LogP contribution in [0.5, 0.6) is 0 Å². The van der Waals surface area contributed by atoms with Gasteiger partial charge >= 0.3 is 11.9 Å². The monoisotopic (exact) mass is 314 g/mol. The lowest BCUT2D eigenvalue weighted by atomic mass is 10.1. The second-order valence-electron chi connectivity index (χ2n) is 3.90. The van der Waals surface area contributed by atoms with Crippen LogP contribution in [0.25, 0.3) is 0 Å². The molecule has 0 saturated heterocycles. The number of hydrogen-bond donors (Lipinski definition) is 0. The van der Waals surface area contributed by atoms with E-state index in [-0.39, 0.29) is 0 Å². The van der Waals surface area contributed by atoms with Crippen LogP contribution in [0.4, 0.5) is 0 Å². The zero-order valence-electron chi connectivity index (χ0n) is 10.5. The topological polar surface area (TPSA) is 52.6 Å². The first-order chi connectivity index (χ1) is 8.40. The summed E-state index contributed by atoms with van der Waals surface area (Å²) in [5.41, 5.74) is 0.780. The highest BCUT2D eigenvalue weighted by Gasteiger charge is 2.24. The molecule has 18 heavy (non-hydrogen) atoms. The number of halogens is 1. The molecule has 5 heteroatoms. The van der Waals surface area contributed by atoms with Gasteiger partial charge in [0.15, 0.2) is 6.10 Å². The van der Waals surface area contributed by atoms with Crippen LogP contribution in [0.3, 0.4) is 0 Å². The van der Waals surface area contributed by atoms with Crippen molar-refractivity contribution in [3.8, 4) is 0 Å². The van der Waals surface area contributed by atoms with Gasteiger partial charge in [0.05, 0.1) is 0 Å². The second kappa shape index (κ2) is 6.54. The van der Waals surface area contributed by atoms with Crippen LogP contribution < -0.4 is 0 Å². The zero-order valence-corrected chi connectivity index (χ0v) is 12.1. The third kappa shape index (κ3) is 4.49. The Morgan fingerprint density at radius 1 is 1.06 bits per heavy atom. The van der Waals surface area contributed by atoms with Gasteiger partial charge in [0, 0.05) is 18.3 Å². The average Bonchev–Trinajstić information content (AvgIpc) is 2.26. The van der Waals surface area contributed by atoms with E-state index in [1.54, 1.807) is 6.92 Å². The SMILES string of the molecule is CC(=O)OC(C)C(OC(C)=O)c1ccc(Br)cc1. The molecule has 0 spiro atoms. The Hall–Kier alpha value is -1.36. The summed E-state index contributed by atoms with van der Waals surface area (Å²) in [6, 6.07) is 7.31. The molecule has 0 amide bonds. The Morgan fingerprint density at radius 2 is 1.56 bits per heavy atom. The predicted octanol–water partition coefficient (Wildman–Crippen LogP) is 3.00. The fourth-order valence-electron chi connectivity index (χ4n) is 1.59. The zero-order chi connectivity index (χ0) is 13.7. The minimum atomic E-state index is -0.598. The van der Waals surface area contributed by atoms with E-state index in [1.807, 2.05) is 24.3 Å². The van der Waals surface area contributed by atoms with Crippen molar-refractivity contribution < 1.29 is 19.1 Å². The second-order valence-corrected chi connectivity index (χ2v) is 4.81. The first-order valence-corrected chi connectivity index (χ1v) is 6.29. The van der Waals surface area contributed by atoms with Gasteiger partial charge in [0.1, 0.15) is 6.10 Å². The van der Waals surface area contributed by atoms with E-state index in [1.165, 1.54) is 13.8 Å². The van der Waals surface area contributed by atoms with E-state index in [4.69, 9.17) is 9.47 Å². The average molecular weight is 315 g/mol. The maximum absolute atomic E-state index is 11.1. The van der Waals surface area contributed by atoms with E-state index in [2.05, 4.69) is 15.9 Å². The molecule has 0 aromatic heterocycles. The number of ether oxygens (including phenoxy) is 2. The molecule has 2 unspecified atom stereocenters. The Morgan fingerprint density at radius 3 is 2.00 bits per heavy atom. The molecule has 0 aliphatic heterocycles. The van der Waals surface area contributed by atoms with Crippen molar-refractivity contribution in [2.24, 2.45) is 0 Å². The number of benzene rings is 1. The fraction of sp³-hybridized carbons (Fsp3) is 0.385. The molecule has 0 N–H and O–H groups in total. The van der Waals surface area contributed by atoms with Gasteiger partial charge in [-0.15, -0.1) is 0 Å². The normalized spacial score (nSPS) is 13.6. The standard InChI is InChI=1S/C13H15BrO4/c1-8(17-9(2)15)13(18-10(3)16)11-4-6-12(14)7-5-11/h4-8,13H,1-3H3. The summed E-state index contributed by atoms with van der Waals surface area (Å²) in [7, 11) is 0. The van der Waals surface area contributed by atoms with E-state index < -0.39 is 24.1 Å². The summed E-state index contributed by atoms with van der Waals surface area (Å²) in [6.07, 6.45) is -1.13. The molecule has 1 rings (SSSR count). The molecule has 0 heterocycles. The summed E-state index contributed by atoms with van der Waals surface area (Å²) in [5.74, 6) is -0.821. The Labute approximate surface area is 114 Å². The minimum Gasteiger partial charge on any atom is -0.459 e. The third-order valence-electron chi connectivity index (χ3n) is 2.27. The lowest BCUT2D eigenvalue weighted by molar-refractivity contribution is -0.164. The smallest absolute Gasteiger partial charge is 0.303 e. The van der Waals surface area contributed by atoms with Crippen LogP contribution in [-0.2, 0) is 19.1 Å². The fourth-order valence-corrected chi connectivity index (χ4v) is 1.85. The number of carbonyl (C=O) groups excluding carboxylic acids is 2. The lowest BCUT2D eigenvalue weighted by Gasteiger charge is -2.23.